The lowest BCUT2D eigenvalue weighted by Crippen LogP contribution is -2.42. The molecule has 3 rings (SSSR count). The number of imide groups is 1. The summed E-state index contributed by atoms with van der Waals surface area (Å²) in [5, 5.41) is 4.93. The molecule has 2 N–H and O–H groups in total. The van der Waals surface area contributed by atoms with Crippen molar-refractivity contribution in [1.82, 2.24) is 10.2 Å². The van der Waals surface area contributed by atoms with Crippen molar-refractivity contribution < 1.29 is 27.6 Å². The van der Waals surface area contributed by atoms with Gasteiger partial charge in [0.2, 0.25) is 5.91 Å². The van der Waals surface area contributed by atoms with Gasteiger partial charge in [0.1, 0.15) is 12.1 Å². The molecule has 0 aromatic heterocycles. The highest BCUT2D eigenvalue weighted by atomic mass is 19.4. The summed E-state index contributed by atoms with van der Waals surface area (Å²) < 4.78 is 38.9. The van der Waals surface area contributed by atoms with Gasteiger partial charge in [0.15, 0.2) is 0 Å². The Labute approximate surface area is 158 Å². The summed E-state index contributed by atoms with van der Waals surface area (Å²) in [6, 6.07) is 11.7. The highest BCUT2D eigenvalue weighted by molar-refractivity contribution is 6.10. The second-order valence-corrected chi connectivity index (χ2v) is 6.44. The van der Waals surface area contributed by atoms with E-state index in [0.29, 0.717) is 10.6 Å². The first-order chi connectivity index (χ1) is 13.1. The van der Waals surface area contributed by atoms with E-state index in [1.807, 2.05) is 0 Å². The van der Waals surface area contributed by atoms with Gasteiger partial charge in [0, 0.05) is 5.69 Å². The largest absolute Gasteiger partial charge is 0.416 e. The predicted molar refractivity (Wildman–Crippen MR) is 94.1 cm³/mol. The Morgan fingerprint density at radius 1 is 1.11 bits per heavy atom. The molecule has 0 bridgehead atoms. The fourth-order valence-corrected chi connectivity index (χ4v) is 2.91. The molecule has 1 fully saturated rings. The quantitative estimate of drug-likeness (QED) is 0.787. The van der Waals surface area contributed by atoms with Crippen molar-refractivity contribution in [2.24, 2.45) is 0 Å². The molecule has 0 radical (unpaired) electrons. The topological polar surface area (TPSA) is 78.5 Å². The third-order valence-corrected chi connectivity index (χ3v) is 4.40. The molecular weight excluding hydrogens is 375 g/mol. The van der Waals surface area contributed by atoms with Gasteiger partial charge in [-0.3, -0.25) is 14.5 Å². The standard InChI is InChI=1S/C19H16F3N3O3/c1-18(12-6-5-7-13(10-12)19(20,21)22)16(27)25(17(28)24-18)11-15(26)23-14-8-3-2-4-9-14/h2-10H,11H2,1H3,(H,23,26)(H,24,28)/t18-/m0/s1. The van der Waals surface area contributed by atoms with E-state index in [-0.39, 0.29) is 5.56 Å². The van der Waals surface area contributed by atoms with E-state index < -0.39 is 41.7 Å². The van der Waals surface area contributed by atoms with Gasteiger partial charge in [-0.2, -0.15) is 13.2 Å². The molecule has 1 aliphatic heterocycles. The number of nitrogens with zero attached hydrogens (tertiary/aromatic N) is 1. The van der Waals surface area contributed by atoms with Gasteiger partial charge in [-0.1, -0.05) is 30.3 Å². The van der Waals surface area contributed by atoms with E-state index >= 15 is 0 Å². The second kappa shape index (κ2) is 6.99. The third-order valence-electron chi connectivity index (χ3n) is 4.40. The van der Waals surface area contributed by atoms with E-state index in [9.17, 15) is 27.6 Å². The summed E-state index contributed by atoms with van der Waals surface area (Å²) in [4.78, 5) is 37.8. The molecule has 2 aromatic rings. The van der Waals surface area contributed by atoms with Crippen LogP contribution >= 0.6 is 0 Å². The van der Waals surface area contributed by atoms with Crippen LogP contribution in [-0.4, -0.2) is 29.3 Å². The smallest absolute Gasteiger partial charge is 0.325 e. The van der Waals surface area contributed by atoms with Crippen LogP contribution in [0.1, 0.15) is 18.1 Å². The maximum absolute atomic E-state index is 13.0. The Morgan fingerprint density at radius 2 is 1.79 bits per heavy atom. The van der Waals surface area contributed by atoms with Gasteiger partial charge in [-0.15, -0.1) is 0 Å². The summed E-state index contributed by atoms with van der Waals surface area (Å²) in [5.41, 5.74) is -2.17. The first-order valence-corrected chi connectivity index (χ1v) is 8.28. The van der Waals surface area contributed by atoms with Crippen molar-refractivity contribution in [1.29, 1.82) is 0 Å². The van der Waals surface area contributed by atoms with Crippen molar-refractivity contribution >= 4 is 23.5 Å². The normalized spacial score (nSPS) is 19.5. The first kappa shape index (κ1) is 19.4. The highest BCUT2D eigenvalue weighted by Crippen LogP contribution is 2.34. The molecule has 9 heteroatoms. The van der Waals surface area contributed by atoms with Crippen LogP contribution in [0, 0.1) is 0 Å². The number of hydrogen-bond donors (Lipinski definition) is 2. The van der Waals surface area contributed by atoms with Crippen LogP contribution in [0.4, 0.5) is 23.7 Å². The van der Waals surface area contributed by atoms with Crippen molar-refractivity contribution in [2.45, 2.75) is 18.6 Å². The molecule has 0 aliphatic carbocycles. The highest BCUT2D eigenvalue weighted by Gasteiger charge is 2.50. The minimum atomic E-state index is -4.59. The van der Waals surface area contributed by atoms with E-state index in [2.05, 4.69) is 10.6 Å². The Hall–Kier alpha value is -3.36. The van der Waals surface area contributed by atoms with Crippen LogP contribution in [0.25, 0.3) is 0 Å². The zero-order chi connectivity index (χ0) is 20.5. The Morgan fingerprint density at radius 3 is 2.43 bits per heavy atom. The van der Waals surface area contributed by atoms with E-state index in [1.165, 1.54) is 13.0 Å². The molecule has 28 heavy (non-hydrogen) atoms. The van der Waals surface area contributed by atoms with E-state index in [0.717, 1.165) is 18.2 Å². The summed E-state index contributed by atoms with van der Waals surface area (Å²) >= 11 is 0. The second-order valence-electron chi connectivity index (χ2n) is 6.44. The lowest BCUT2D eigenvalue weighted by Gasteiger charge is -2.23. The van der Waals surface area contributed by atoms with Crippen molar-refractivity contribution in [3.05, 3.63) is 65.7 Å². The molecule has 0 spiro atoms. The number of alkyl halides is 3. The molecule has 1 aliphatic rings. The number of amides is 4. The van der Waals surface area contributed by atoms with Crippen LogP contribution in [0.3, 0.4) is 0 Å². The molecule has 1 atom stereocenters. The van der Waals surface area contributed by atoms with Gasteiger partial charge in [0.25, 0.3) is 5.91 Å². The van der Waals surface area contributed by atoms with Gasteiger partial charge in [0.05, 0.1) is 5.56 Å². The molecule has 0 unspecified atom stereocenters. The molecule has 146 valence electrons. The van der Waals surface area contributed by atoms with E-state index in [4.69, 9.17) is 0 Å². The third kappa shape index (κ3) is 3.68. The van der Waals surface area contributed by atoms with Gasteiger partial charge in [-0.05, 0) is 36.8 Å². The van der Waals surface area contributed by atoms with Crippen LogP contribution in [0.2, 0.25) is 0 Å². The lowest BCUT2D eigenvalue weighted by atomic mass is 9.90. The molecule has 1 heterocycles. The Bertz CT molecular complexity index is 931. The van der Waals surface area contributed by atoms with Gasteiger partial charge in [-0.25, -0.2) is 4.79 Å². The van der Waals surface area contributed by atoms with Crippen molar-refractivity contribution in [2.75, 3.05) is 11.9 Å². The molecule has 0 saturated carbocycles. The first-order valence-electron chi connectivity index (χ1n) is 8.28. The Kier molecular flexibility index (Phi) is 4.84. The molecular formula is C19H16F3N3O3. The number of carbonyl (C=O) groups excluding carboxylic acids is 3. The van der Waals surface area contributed by atoms with Gasteiger partial charge >= 0.3 is 12.2 Å². The lowest BCUT2D eigenvalue weighted by molar-refractivity contribution is -0.138. The predicted octanol–water partition coefficient (Wildman–Crippen LogP) is 3.11. The maximum Gasteiger partial charge on any atom is 0.416 e. The molecule has 4 amide bonds. The zero-order valence-corrected chi connectivity index (χ0v) is 14.7. The summed E-state index contributed by atoms with van der Waals surface area (Å²) in [7, 11) is 0. The van der Waals surface area contributed by atoms with Crippen LogP contribution in [-0.2, 0) is 21.3 Å². The van der Waals surface area contributed by atoms with Crippen molar-refractivity contribution in [3.8, 4) is 0 Å². The van der Waals surface area contributed by atoms with E-state index in [1.54, 1.807) is 30.3 Å². The van der Waals surface area contributed by atoms with Gasteiger partial charge < -0.3 is 10.6 Å². The Balaban J connectivity index is 1.80. The maximum atomic E-state index is 13.0. The number of urea groups is 1. The summed E-state index contributed by atoms with van der Waals surface area (Å²) in [5.74, 6) is -1.41. The molecule has 2 aromatic carbocycles. The number of nitrogens with one attached hydrogen (secondary N) is 2. The number of halogens is 3. The van der Waals surface area contributed by atoms with Crippen molar-refractivity contribution in [3.63, 3.8) is 0 Å². The summed E-state index contributed by atoms with van der Waals surface area (Å²) in [6.07, 6.45) is -4.59. The fourth-order valence-electron chi connectivity index (χ4n) is 2.91. The van der Waals surface area contributed by atoms with Crippen LogP contribution in [0.5, 0.6) is 0 Å². The minimum absolute atomic E-state index is 0.0216. The number of hydrogen-bond acceptors (Lipinski definition) is 3. The molecule has 1 saturated heterocycles. The van der Waals surface area contributed by atoms with Crippen LogP contribution in [0.15, 0.2) is 54.6 Å². The van der Waals surface area contributed by atoms with Crippen LogP contribution < -0.4 is 10.6 Å². The molecule has 6 nitrogen and oxygen atoms in total. The average Bonchev–Trinajstić information content (AvgIpc) is 2.86. The fraction of sp³-hybridized carbons (Fsp3) is 0.211. The minimum Gasteiger partial charge on any atom is -0.325 e. The SMILES string of the molecule is C[C@@]1(c2cccc(C(F)(F)F)c2)NC(=O)N(CC(=O)Nc2ccccc2)C1=O. The number of anilines is 1. The number of para-hydroxylation sites is 1. The summed E-state index contributed by atoms with van der Waals surface area (Å²) in [6.45, 7) is 0.742. The zero-order valence-electron chi connectivity index (χ0n) is 14.7. The number of benzene rings is 2. The number of carbonyl (C=O) groups is 3. The monoisotopic (exact) mass is 391 g/mol. The number of rotatable bonds is 4. The average molecular weight is 391 g/mol.